The lowest BCUT2D eigenvalue weighted by molar-refractivity contribution is 0.126. The summed E-state index contributed by atoms with van der Waals surface area (Å²) >= 11 is 0. The van der Waals surface area contributed by atoms with Crippen molar-refractivity contribution in [3.8, 4) is 0 Å². The van der Waals surface area contributed by atoms with E-state index in [1.807, 2.05) is 39.1 Å². The van der Waals surface area contributed by atoms with Crippen LogP contribution in [0.4, 0.5) is 14.5 Å². The van der Waals surface area contributed by atoms with Crippen LogP contribution in [0.2, 0.25) is 0 Å². The molecule has 0 unspecified atom stereocenters. The highest BCUT2D eigenvalue weighted by Gasteiger charge is 2.10. The van der Waals surface area contributed by atoms with Crippen molar-refractivity contribution in [3.05, 3.63) is 59.0 Å². The van der Waals surface area contributed by atoms with Crippen LogP contribution >= 0.6 is 0 Å². The fourth-order valence-corrected chi connectivity index (χ4v) is 3.36. The second kappa shape index (κ2) is 17.1. The summed E-state index contributed by atoms with van der Waals surface area (Å²) in [6.07, 6.45) is 4.66. The first-order valence-corrected chi connectivity index (χ1v) is 12.0. The molecular weight excluding hydrogens is 436 g/mol. The summed E-state index contributed by atoms with van der Waals surface area (Å²) in [7, 11) is 3.62. The number of benzene rings is 1. The van der Waals surface area contributed by atoms with Gasteiger partial charge in [0.05, 0.1) is 19.0 Å². The average Bonchev–Trinajstić information content (AvgIpc) is 2.83. The van der Waals surface area contributed by atoms with Crippen molar-refractivity contribution < 1.29 is 13.5 Å². The monoisotopic (exact) mass is 479 g/mol. The molecule has 0 bridgehead atoms. The van der Waals surface area contributed by atoms with Crippen molar-refractivity contribution >= 4 is 11.3 Å². The first kappa shape index (κ1) is 29.6. The molecule has 0 saturated carbocycles. The molecule has 0 heterocycles. The average molecular weight is 480 g/mol. The lowest BCUT2D eigenvalue weighted by Crippen LogP contribution is -2.37. The fourth-order valence-electron chi connectivity index (χ4n) is 3.36. The third-order valence-corrected chi connectivity index (χ3v) is 5.55. The molecule has 0 spiro atoms. The van der Waals surface area contributed by atoms with Crippen molar-refractivity contribution in [1.82, 2.24) is 20.9 Å². The number of likely N-dealkylation sites (N-methyl/N-ethyl adjacent to an activating group) is 2. The van der Waals surface area contributed by atoms with Crippen molar-refractivity contribution in [2.45, 2.75) is 34.1 Å². The summed E-state index contributed by atoms with van der Waals surface area (Å²) in [6, 6.07) is 4.94. The summed E-state index contributed by atoms with van der Waals surface area (Å²) in [5, 5.41) is 12.6. The first-order valence-electron chi connectivity index (χ1n) is 12.0. The van der Waals surface area contributed by atoms with E-state index in [-0.39, 0.29) is 11.6 Å². The van der Waals surface area contributed by atoms with E-state index >= 15 is 0 Å². The maximum atomic E-state index is 14.3. The summed E-state index contributed by atoms with van der Waals surface area (Å²) < 4.78 is 33.5. The number of anilines is 1. The van der Waals surface area contributed by atoms with E-state index in [0.717, 1.165) is 42.2 Å². The predicted molar refractivity (Wildman–Crippen MR) is 140 cm³/mol. The Morgan fingerprint density at radius 3 is 2.53 bits per heavy atom. The number of nitrogens with zero attached hydrogens (tertiary/aromatic N) is 1. The van der Waals surface area contributed by atoms with Gasteiger partial charge >= 0.3 is 0 Å². The number of ether oxygens (including phenoxy) is 1. The molecule has 0 aliphatic rings. The minimum atomic E-state index is -0.276. The van der Waals surface area contributed by atoms with E-state index in [1.165, 1.54) is 19.1 Å². The van der Waals surface area contributed by atoms with Crippen molar-refractivity contribution in [2.24, 2.45) is 0 Å². The van der Waals surface area contributed by atoms with Gasteiger partial charge in [0.15, 0.2) is 0 Å². The SMILES string of the molecule is C/C=C(\C/C=C(/CN/C(CN(CC)CCNCOCC)=C(\C)F)NC)c1cc(F)cc(NC)c1. The fraction of sp³-hybridized carbons (Fsp3) is 0.538. The number of nitrogens with one attached hydrogen (secondary N) is 4. The van der Waals surface area contributed by atoms with Crippen molar-refractivity contribution in [2.75, 3.05) is 65.5 Å². The van der Waals surface area contributed by atoms with Gasteiger partial charge in [-0.1, -0.05) is 19.1 Å². The van der Waals surface area contributed by atoms with Crippen molar-refractivity contribution in [1.29, 1.82) is 0 Å². The normalized spacial score (nSPS) is 13.2. The standard InChI is InChI=1S/C26H43F2N5O/c1-7-21(22-14-23(28)16-25(15-22)30-6)10-11-24(29-5)17-32-26(20(4)27)18-33(8-2)13-12-31-19-34-9-3/h7,11,14-16,29-32H,8-10,12-13,17-19H2,1-6H3/b21-7+,24-11-,26-20+. The predicted octanol–water partition coefficient (Wildman–Crippen LogP) is 4.46. The molecule has 8 heteroatoms. The van der Waals surface area contributed by atoms with Gasteiger partial charge in [-0.3, -0.25) is 10.2 Å². The van der Waals surface area contributed by atoms with E-state index < -0.39 is 0 Å². The molecule has 0 fully saturated rings. The zero-order chi connectivity index (χ0) is 25.3. The number of allylic oxidation sites excluding steroid dienone is 4. The van der Waals surface area contributed by atoms with Crippen LogP contribution in [0.1, 0.15) is 39.7 Å². The van der Waals surface area contributed by atoms with Gasteiger partial charge in [0.25, 0.3) is 0 Å². The molecule has 6 nitrogen and oxygen atoms in total. The minimum Gasteiger partial charge on any atom is -0.390 e. The van der Waals surface area contributed by atoms with E-state index in [4.69, 9.17) is 4.74 Å². The van der Waals surface area contributed by atoms with E-state index in [1.54, 1.807) is 7.05 Å². The van der Waals surface area contributed by atoms with Crippen LogP contribution in [0.25, 0.3) is 5.57 Å². The second-order valence-electron chi connectivity index (χ2n) is 7.85. The van der Waals surface area contributed by atoms with Gasteiger partial charge in [-0.15, -0.1) is 0 Å². The van der Waals surface area contributed by atoms with Crippen LogP contribution in [0, 0.1) is 5.82 Å². The Morgan fingerprint density at radius 1 is 1.18 bits per heavy atom. The molecule has 0 atom stereocenters. The zero-order valence-electron chi connectivity index (χ0n) is 21.7. The topological polar surface area (TPSA) is 60.6 Å². The Morgan fingerprint density at radius 2 is 1.94 bits per heavy atom. The summed E-state index contributed by atoms with van der Waals surface area (Å²) in [5.74, 6) is -0.493. The van der Waals surface area contributed by atoms with Crippen molar-refractivity contribution in [3.63, 3.8) is 0 Å². The van der Waals surface area contributed by atoms with Crippen LogP contribution in [-0.4, -0.2) is 65.1 Å². The lowest BCUT2D eigenvalue weighted by Gasteiger charge is -2.23. The van der Waals surface area contributed by atoms with Crippen LogP contribution in [0.3, 0.4) is 0 Å². The van der Waals surface area contributed by atoms with Crippen LogP contribution < -0.4 is 21.3 Å². The highest BCUT2D eigenvalue weighted by atomic mass is 19.1. The van der Waals surface area contributed by atoms with Gasteiger partial charge < -0.3 is 20.7 Å². The molecule has 0 radical (unpaired) electrons. The van der Waals surface area contributed by atoms with Gasteiger partial charge in [-0.25, -0.2) is 8.78 Å². The summed E-state index contributed by atoms with van der Waals surface area (Å²) in [5.41, 5.74) is 4.09. The van der Waals surface area contributed by atoms with Gasteiger partial charge in [-0.05, 0) is 63.1 Å². The molecule has 1 rings (SSSR count). The van der Waals surface area contributed by atoms with Gasteiger partial charge in [0.2, 0.25) is 0 Å². The molecule has 192 valence electrons. The van der Waals surface area contributed by atoms with Gasteiger partial charge in [0, 0.05) is 51.7 Å². The highest BCUT2D eigenvalue weighted by Crippen LogP contribution is 2.24. The smallest absolute Gasteiger partial charge is 0.125 e. The molecule has 1 aromatic carbocycles. The summed E-state index contributed by atoms with van der Waals surface area (Å²) in [6.45, 7) is 12.0. The van der Waals surface area contributed by atoms with Gasteiger partial charge in [0.1, 0.15) is 11.6 Å². The Bertz CT molecular complexity index is 819. The van der Waals surface area contributed by atoms with Crippen LogP contribution in [-0.2, 0) is 4.74 Å². The Kier molecular flexibility index (Phi) is 14.9. The third kappa shape index (κ3) is 11.1. The van der Waals surface area contributed by atoms with E-state index in [0.29, 0.717) is 38.5 Å². The largest absolute Gasteiger partial charge is 0.390 e. The maximum Gasteiger partial charge on any atom is 0.125 e. The molecule has 0 aliphatic carbocycles. The Hall–Kier alpha value is -2.42. The number of rotatable bonds is 17. The molecular formula is C26H43F2N5O. The Labute approximate surface area is 204 Å². The number of halogens is 2. The van der Waals surface area contributed by atoms with E-state index in [2.05, 4.69) is 33.1 Å². The minimum absolute atomic E-state index is 0.218. The molecule has 1 aromatic rings. The Balaban J connectivity index is 2.74. The molecule has 34 heavy (non-hydrogen) atoms. The first-order chi connectivity index (χ1) is 16.4. The molecule has 0 aliphatic heterocycles. The van der Waals surface area contributed by atoms with Crippen LogP contribution in [0.5, 0.6) is 0 Å². The third-order valence-electron chi connectivity index (χ3n) is 5.55. The second-order valence-corrected chi connectivity index (χ2v) is 7.85. The number of hydrogen-bond acceptors (Lipinski definition) is 6. The van der Waals surface area contributed by atoms with Crippen LogP contribution in [0.15, 0.2) is 47.6 Å². The highest BCUT2D eigenvalue weighted by molar-refractivity contribution is 5.69. The quantitative estimate of drug-likeness (QED) is 0.196. The molecule has 0 amide bonds. The number of hydrogen-bond donors (Lipinski definition) is 4. The molecule has 4 N–H and O–H groups in total. The van der Waals surface area contributed by atoms with Gasteiger partial charge in [-0.2, -0.15) is 0 Å². The maximum absolute atomic E-state index is 14.3. The molecule has 0 aromatic heterocycles. The molecule has 0 saturated heterocycles. The van der Waals surface area contributed by atoms with E-state index in [9.17, 15) is 8.78 Å². The summed E-state index contributed by atoms with van der Waals surface area (Å²) in [4.78, 5) is 2.17. The zero-order valence-corrected chi connectivity index (χ0v) is 21.7. The lowest BCUT2D eigenvalue weighted by atomic mass is 10.0.